The Morgan fingerprint density at radius 2 is 1.81 bits per heavy atom. The van der Waals surface area contributed by atoms with E-state index in [0.29, 0.717) is 5.92 Å². The summed E-state index contributed by atoms with van der Waals surface area (Å²) >= 11 is 0. The second-order valence-electron chi connectivity index (χ2n) is 3.36. The summed E-state index contributed by atoms with van der Waals surface area (Å²) in [5.41, 5.74) is 2.70. The van der Waals surface area contributed by atoms with E-state index in [1.165, 1.54) is 11.1 Å². The Hall–Kier alpha value is -1.56. The fraction of sp³-hybridized carbons (Fsp3) is 0.250. The lowest BCUT2D eigenvalue weighted by molar-refractivity contribution is 0.775. The van der Waals surface area contributed by atoms with Crippen LogP contribution >= 0.6 is 0 Å². The summed E-state index contributed by atoms with van der Waals surface area (Å²) in [4.78, 5) is 0. The summed E-state index contributed by atoms with van der Waals surface area (Å²) < 4.78 is 0. The Morgan fingerprint density at radius 3 is 2.19 bits per heavy atom. The topological polar surface area (TPSA) is 0 Å². The number of rotatable bonds is 4. The molecule has 0 N–H and O–H groups in total. The first-order chi connectivity index (χ1) is 7.83. The molecule has 0 aromatic heterocycles. The fourth-order valence-electron chi connectivity index (χ4n) is 1.81. The van der Waals surface area contributed by atoms with Crippen LogP contribution < -0.4 is 0 Å². The second kappa shape index (κ2) is 8.72. The summed E-state index contributed by atoms with van der Waals surface area (Å²) in [7, 11) is 0. The van der Waals surface area contributed by atoms with Gasteiger partial charge >= 0.3 is 0 Å². The van der Waals surface area contributed by atoms with E-state index in [-0.39, 0.29) is 0 Å². The number of hydrogen-bond donors (Lipinski definition) is 0. The van der Waals surface area contributed by atoms with E-state index in [2.05, 4.69) is 70.0 Å². The maximum atomic E-state index is 3.86. The number of benzene rings is 1. The summed E-state index contributed by atoms with van der Waals surface area (Å²) in [5, 5.41) is 0. The first-order valence-corrected chi connectivity index (χ1v) is 5.67. The van der Waals surface area contributed by atoms with Crippen molar-refractivity contribution >= 4 is 0 Å². The summed E-state index contributed by atoms with van der Waals surface area (Å²) in [6, 6.07) is 10.6. The van der Waals surface area contributed by atoms with Gasteiger partial charge in [-0.05, 0) is 24.5 Å². The Bertz CT molecular complexity index is 319. The zero-order chi connectivity index (χ0) is 12.4. The van der Waals surface area contributed by atoms with Gasteiger partial charge in [0, 0.05) is 5.92 Å². The molecular weight excluding hydrogens is 192 g/mol. The van der Waals surface area contributed by atoms with Gasteiger partial charge in [-0.15, -0.1) is 13.2 Å². The van der Waals surface area contributed by atoms with Crippen molar-refractivity contribution in [3.63, 3.8) is 0 Å². The van der Waals surface area contributed by atoms with E-state index in [1.807, 2.05) is 6.08 Å². The highest BCUT2D eigenvalue weighted by Crippen LogP contribution is 2.27. The van der Waals surface area contributed by atoms with E-state index in [1.54, 1.807) is 0 Å². The van der Waals surface area contributed by atoms with E-state index in [4.69, 9.17) is 0 Å². The van der Waals surface area contributed by atoms with Gasteiger partial charge < -0.3 is 0 Å². The quantitative estimate of drug-likeness (QED) is 0.482. The first kappa shape index (κ1) is 14.4. The van der Waals surface area contributed by atoms with Crippen LogP contribution in [0.2, 0.25) is 0 Å². The van der Waals surface area contributed by atoms with E-state index < -0.39 is 0 Å². The third-order valence-corrected chi connectivity index (χ3v) is 2.58. The van der Waals surface area contributed by atoms with Crippen LogP contribution in [0.1, 0.15) is 31.7 Å². The minimum Gasteiger partial charge on any atom is -0.106 e. The van der Waals surface area contributed by atoms with E-state index >= 15 is 0 Å². The van der Waals surface area contributed by atoms with Crippen LogP contribution in [0.25, 0.3) is 0 Å². The molecular formula is C16H22. The minimum absolute atomic E-state index is 0.499. The molecule has 0 saturated carbocycles. The molecule has 1 unspecified atom stereocenters. The van der Waals surface area contributed by atoms with Crippen molar-refractivity contribution < 1.29 is 0 Å². The molecule has 0 aliphatic heterocycles. The van der Waals surface area contributed by atoms with Crippen molar-refractivity contribution in [3.05, 3.63) is 73.4 Å². The van der Waals surface area contributed by atoms with Crippen LogP contribution in [0, 0.1) is 0 Å². The Kier molecular flexibility index (Phi) is 7.87. The van der Waals surface area contributed by atoms with E-state index in [0.717, 1.165) is 6.42 Å². The highest BCUT2D eigenvalue weighted by molar-refractivity contribution is 5.33. The maximum absolute atomic E-state index is 3.86. The maximum Gasteiger partial charge on any atom is 0.00832 e. The Morgan fingerprint density at radius 1 is 1.25 bits per heavy atom. The van der Waals surface area contributed by atoms with Gasteiger partial charge in [-0.1, -0.05) is 56.0 Å². The normalized spacial score (nSPS) is 12.2. The molecule has 86 valence electrons. The third-order valence-electron chi connectivity index (χ3n) is 2.58. The second-order valence-corrected chi connectivity index (χ2v) is 3.36. The molecule has 1 rings (SSSR count). The minimum atomic E-state index is 0.499. The zero-order valence-corrected chi connectivity index (χ0v) is 10.4. The first-order valence-electron chi connectivity index (χ1n) is 5.67. The molecule has 0 aliphatic rings. The van der Waals surface area contributed by atoms with Crippen molar-refractivity contribution in [1.82, 2.24) is 0 Å². The molecule has 0 nitrogen and oxygen atoms in total. The highest BCUT2D eigenvalue weighted by atomic mass is 14.1. The van der Waals surface area contributed by atoms with Crippen LogP contribution in [-0.2, 0) is 0 Å². The average molecular weight is 214 g/mol. The molecule has 1 aromatic rings. The monoisotopic (exact) mass is 214 g/mol. The molecule has 16 heavy (non-hydrogen) atoms. The van der Waals surface area contributed by atoms with Crippen molar-refractivity contribution in [2.45, 2.75) is 26.2 Å². The molecule has 0 aliphatic carbocycles. The molecule has 0 bridgehead atoms. The lowest BCUT2D eigenvalue weighted by Crippen LogP contribution is -1.99. The van der Waals surface area contributed by atoms with Crippen molar-refractivity contribution in [2.24, 2.45) is 0 Å². The fourth-order valence-corrected chi connectivity index (χ4v) is 1.81. The van der Waals surface area contributed by atoms with Gasteiger partial charge in [-0.2, -0.15) is 0 Å². The van der Waals surface area contributed by atoms with Gasteiger partial charge in [0.2, 0.25) is 0 Å². The van der Waals surface area contributed by atoms with Gasteiger partial charge in [0.05, 0.1) is 0 Å². The number of allylic oxidation sites excluding steroid dienone is 3. The van der Waals surface area contributed by atoms with Crippen LogP contribution in [0.15, 0.2) is 67.8 Å². The van der Waals surface area contributed by atoms with Crippen molar-refractivity contribution in [2.75, 3.05) is 0 Å². The largest absolute Gasteiger partial charge is 0.106 e. The number of hydrogen-bond acceptors (Lipinski definition) is 0. The molecule has 0 heterocycles. The third kappa shape index (κ3) is 3.90. The molecule has 0 amide bonds. The Balaban J connectivity index is 0.00000106. The zero-order valence-electron chi connectivity index (χ0n) is 10.4. The van der Waals surface area contributed by atoms with Crippen LogP contribution in [0.3, 0.4) is 0 Å². The van der Waals surface area contributed by atoms with Crippen LogP contribution in [0.5, 0.6) is 0 Å². The highest BCUT2D eigenvalue weighted by Gasteiger charge is 2.10. The lowest BCUT2D eigenvalue weighted by Gasteiger charge is -2.16. The molecule has 0 heteroatoms. The SMILES string of the molecule is C=C.C=C/C(=C\C)C(CC)c1ccccc1. The molecule has 1 atom stereocenters. The molecule has 0 radical (unpaired) electrons. The van der Waals surface area contributed by atoms with Crippen molar-refractivity contribution in [3.8, 4) is 0 Å². The smallest absolute Gasteiger partial charge is 0.00832 e. The van der Waals surface area contributed by atoms with Gasteiger partial charge in [0.15, 0.2) is 0 Å². The molecule has 0 fully saturated rings. The summed E-state index contributed by atoms with van der Waals surface area (Å²) in [6.07, 6.45) is 5.23. The Labute approximate surface area is 100 Å². The van der Waals surface area contributed by atoms with Crippen molar-refractivity contribution in [1.29, 1.82) is 0 Å². The standard InChI is InChI=1S/C14H18.C2H4/c1-4-12(5-2)14(6-3)13-10-8-7-9-11-13;1-2/h4-5,7-11,14H,1,6H2,2-3H3;1-2H2/b12-5+;. The lowest BCUT2D eigenvalue weighted by atomic mass is 9.89. The predicted octanol–water partition coefficient (Wildman–Crippen LogP) is 5.11. The van der Waals surface area contributed by atoms with Crippen LogP contribution in [-0.4, -0.2) is 0 Å². The molecule has 0 saturated heterocycles. The predicted molar refractivity (Wildman–Crippen MR) is 74.7 cm³/mol. The average Bonchev–Trinajstić information content (AvgIpc) is 2.39. The summed E-state index contributed by atoms with van der Waals surface area (Å²) in [6.45, 7) is 14.1. The van der Waals surface area contributed by atoms with Crippen LogP contribution in [0.4, 0.5) is 0 Å². The molecule has 1 aromatic carbocycles. The van der Waals surface area contributed by atoms with E-state index in [9.17, 15) is 0 Å². The van der Waals surface area contributed by atoms with Gasteiger partial charge in [0.1, 0.15) is 0 Å². The summed E-state index contributed by atoms with van der Waals surface area (Å²) in [5.74, 6) is 0.499. The van der Waals surface area contributed by atoms with Gasteiger partial charge in [-0.25, -0.2) is 0 Å². The van der Waals surface area contributed by atoms with Gasteiger partial charge in [0.25, 0.3) is 0 Å². The van der Waals surface area contributed by atoms with Gasteiger partial charge in [-0.3, -0.25) is 0 Å². The molecule has 0 spiro atoms.